The van der Waals surface area contributed by atoms with E-state index in [1.807, 2.05) is 89.8 Å². The molecule has 2 unspecified atom stereocenters. The molecule has 2 atom stereocenters. The second-order valence-corrected chi connectivity index (χ2v) is 10.4. The number of anilines is 4. The van der Waals surface area contributed by atoms with Crippen LogP contribution in [0.4, 0.5) is 22.7 Å². The third-order valence-electron chi connectivity index (χ3n) is 6.72. The number of hydrogen-bond acceptors (Lipinski definition) is 7. The van der Waals surface area contributed by atoms with Crippen LogP contribution in [0.1, 0.15) is 18.9 Å². The predicted molar refractivity (Wildman–Crippen MR) is 151 cm³/mol. The summed E-state index contributed by atoms with van der Waals surface area (Å²) in [7, 11) is 0. The van der Waals surface area contributed by atoms with Gasteiger partial charge in [-0.1, -0.05) is 49.4 Å². The van der Waals surface area contributed by atoms with E-state index < -0.39 is 17.6 Å². The molecule has 2 aliphatic heterocycles. The largest absolute Gasteiger partial charge is 0.750 e. The first-order valence-electron chi connectivity index (χ1n) is 12.3. The maximum Gasteiger partial charge on any atom is 0.152 e. The van der Waals surface area contributed by atoms with Crippen LogP contribution in [0.15, 0.2) is 89.4 Å². The molecule has 2 heterocycles. The van der Waals surface area contributed by atoms with E-state index in [2.05, 4.69) is 27.8 Å². The number of fused-ring (bicyclic) bond motifs is 4. The van der Waals surface area contributed by atoms with Gasteiger partial charge in [0, 0.05) is 17.4 Å². The lowest BCUT2D eigenvalue weighted by Gasteiger charge is -2.40. The van der Waals surface area contributed by atoms with E-state index >= 15 is 0 Å². The number of ether oxygens (including phenoxy) is 2. The molecule has 4 aromatic rings. The fourth-order valence-electron chi connectivity index (χ4n) is 5.12. The van der Waals surface area contributed by atoms with Gasteiger partial charge in [-0.3, -0.25) is 4.18 Å². The van der Waals surface area contributed by atoms with Gasteiger partial charge in [-0.2, -0.15) is 0 Å². The van der Waals surface area contributed by atoms with Crippen molar-refractivity contribution >= 4 is 50.0 Å². The number of hydrogen-bond donors (Lipinski definition) is 0. The average molecular weight is 592 g/mol. The van der Waals surface area contributed by atoms with Crippen molar-refractivity contribution < 1.29 is 22.4 Å². The summed E-state index contributed by atoms with van der Waals surface area (Å²) in [5, 5.41) is 0. The van der Waals surface area contributed by atoms with Crippen LogP contribution in [0.2, 0.25) is 0 Å². The molecule has 6 rings (SSSR count). The Morgan fingerprint density at radius 3 is 2.16 bits per heavy atom. The SMILES string of the molecule is CCc1cccc2c1N(C(CCN1c3ccccc3Oc3cccc(Br)c31)OS(=O)[O-])c1ccccc1O2. The zero-order valence-electron chi connectivity index (χ0n) is 20.5. The molecule has 194 valence electrons. The Hall–Kier alpha value is -3.37. The molecule has 0 saturated heterocycles. The minimum absolute atomic E-state index is 0.356. The van der Waals surface area contributed by atoms with Crippen molar-refractivity contribution in [2.75, 3.05) is 16.3 Å². The quantitative estimate of drug-likeness (QED) is 0.203. The number of halogens is 1. The van der Waals surface area contributed by atoms with E-state index in [9.17, 15) is 8.76 Å². The Morgan fingerprint density at radius 2 is 1.45 bits per heavy atom. The molecule has 0 N–H and O–H groups in total. The molecule has 0 aliphatic carbocycles. The van der Waals surface area contributed by atoms with Crippen molar-refractivity contribution in [3.63, 3.8) is 0 Å². The molecule has 0 fully saturated rings. The summed E-state index contributed by atoms with van der Waals surface area (Å²) in [6.45, 7) is 2.52. The Kier molecular flexibility index (Phi) is 6.84. The van der Waals surface area contributed by atoms with Crippen LogP contribution in [-0.4, -0.2) is 21.5 Å². The van der Waals surface area contributed by atoms with Crippen molar-refractivity contribution in [1.82, 2.24) is 0 Å². The number of aryl methyl sites for hydroxylation is 1. The average Bonchev–Trinajstić information content (AvgIpc) is 2.93. The highest BCUT2D eigenvalue weighted by Gasteiger charge is 2.34. The minimum atomic E-state index is -2.75. The summed E-state index contributed by atoms with van der Waals surface area (Å²) in [5.74, 6) is 2.76. The topological polar surface area (TPSA) is 74.3 Å². The van der Waals surface area contributed by atoms with Crippen LogP contribution in [0.25, 0.3) is 0 Å². The Morgan fingerprint density at radius 1 is 0.842 bits per heavy atom. The number of rotatable bonds is 7. The predicted octanol–water partition coefficient (Wildman–Crippen LogP) is 7.73. The molecule has 2 aliphatic rings. The molecule has 38 heavy (non-hydrogen) atoms. The lowest BCUT2D eigenvalue weighted by molar-refractivity contribution is 0.196. The lowest BCUT2D eigenvalue weighted by atomic mass is 10.0. The van der Waals surface area contributed by atoms with Crippen molar-refractivity contribution in [2.24, 2.45) is 0 Å². The molecule has 4 aromatic carbocycles. The second kappa shape index (κ2) is 10.4. The van der Waals surface area contributed by atoms with Crippen LogP contribution >= 0.6 is 15.9 Å². The molecule has 0 spiro atoms. The Bertz CT molecular complexity index is 1530. The number of benzene rings is 4. The van der Waals surface area contributed by atoms with E-state index in [4.69, 9.17) is 13.7 Å². The van der Waals surface area contributed by atoms with Crippen LogP contribution in [0.3, 0.4) is 0 Å². The van der Waals surface area contributed by atoms with Crippen molar-refractivity contribution in [2.45, 2.75) is 26.0 Å². The third-order valence-corrected chi connectivity index (χ3v) is 7.74. The molecule has 0 radical (unpaired) electrons. The van der Waals surface area contributed by atoms with Gasteiger partial charge in [0.1, 0.15) is 0 Å². The van der Waals surface area contributed by atoms with Gasteiger partial charge in [-0.05, 0) is 70.4 Å². The zero-order valence-corrected chi connectivity index (χ0v) is 22.9. The van der Waals surface area contributed by atoms with Gasteiger partial charge in [-0.15, -0.1) is 0 Å². The fraction of sp³-hybridized carbons (Fsp3) is 0.172. The summed E-state index contributed by atoms with van der Waals surface area (Å²) >= 11 is 0.936. The molecular formula is C29H24BrN2O5S-. The maximum absolute atomic E-state index is 12.0. The smallest absolute Gasteiger partial charge is 0.152 e. The molecule has 9 heteroatoms. The minimum Gasteiger partial charge on any atom is -0.750 e. The summed E-state index contributed by atoms with van der Waals surface area (Å²) in [6, 6.07) is 27.1. The molecule has 7 nitrogen and oxygen atoms in total. The van der Waals surface area contributed by atoms with Crippen molar-refractivity contribution in [3.8, 4) is 23.0 Å². The van der Waals surface area contributed by atoms with Crippen LogP contribution in [0, 0.1) is 0 Å². The first-order valence-corrected chi connectivity index (χ1v) is 14.1. The van der Waals surface area contributed by atoms with E-state index in [-0.39, 0.29) is 0 Å². The van der Waals surface area contributed by atoms with Crippen molar-refractivity contribution in [3.05, 3.63) is 95.0 Å². The van der Waals surface area contributed by atoms with E-state index in [1.54, 1.807) is 0 Å². The maximum atomic E-state index is 12.0. The van der Waals surface area contributed by atoms with Gasteiger partial charge in [-0.25, -0.2) is 4.21 Å². The van der Waals surface area contributed by atoms with Gasteiger partial charge in [0.15, 0.2) is 29.2 Å². The van der Waals surface area contributed by atoms with Gasteiger partial charge in [0.05, 0.1) is 34.1 Å². The Labute approximate surface area is 232 Å². The molecule has 0 saturated carbocycles. The monoisotopic (exact) mass is 591 g/mol. The summed E-state index contributed by atoms with van der Waals surface area (Å²) < 4.78 is 42.9. The van der Waals surface area contributed by atoms with Crippen LogP contribution in [-0.2, 0) is 22.0 Å². The number of para-hydroxylation sites is 6. The van der Waals surface area contributed by atoms with Crippen molar-refractivity contribution in [1.29, 1.82) is 0 Å². The van der Waals surface area contributed by atoms with Gasteiger partial charge >= 0.3 is 0 Å². The highest BCUT2D eigenvalue weighted by Crippen LogP contribution is 2.52. The van der Waals surface area contributed by atoms with Gasteiger partial charge in [0.25, 0.3) is 0 Å². The highest BCUT2D eigenvalue weighted by molar-refractivity contribution is 9.10. The van der Waals surface area contributed by atoms with E-state index in [0.29, 0.717) is 24.5 Å². The normalized spacial score (nSPS) is 14.8. The van der Waals surface area contributed by atoms with Crippen LogP contribution < -0.4 is 19.3 Å². The molecule has 0 aromatic heterocycles. The number of nitrogens with zero attached hydrogens (tertiary/aromatic N) is 2. The molecule has 0 amide bonds. The zero-order chi connectivity index (χ0) is 26.2. The first kappa shape index (κ1) is 24.9. The van der Waals surface area contributed by atoms with E-state index in [1.165, 1.54) is 0 Å². The fourth-order valence-corrected chi connectivity index (χ4v) is 6.04. The van der Waals surface area contributed by atoms with Gasteiger partial charge < -0.3 is 23.8 Å². The summed E-state index contributed by atoms with van der Waals surface area (Å²) in [4.78, 5) is 4.09. The standard InChI is InChI=1S/C29H25BrN2O5S/c1-2-19-9-7-15-25-28(19)32(22-12-4-6-14-24(22)36-25)27(37-38(33)34)17-18-31-21-11-3-5-13-23(21)35-26-16-8-10-20(30)29(26)31/h3-16,27H,2,17-18H2,1H3,(H,33,34)/p-1. The molecular weight excluding hydrogens is 568 g/mol. The second-order valence-electron chi connectivity index (χ2n) is 8.91. The molecule has 0 bridgehead atoms. The lowest BCUT2D eigenvalue weighted by Crippen LogP contribution is -2.39. The summed E-state index contributed by atoms with van der Waals surface area (Å²) in [5.41, 5.74) is 4.37. The Balaban J connectivity index is 1.43. The summed E-state index contributed by atoms with van der Waals surface area (Å²) in [6.07, 6.45) is 0.274. The third kappa shape index (κ3) is 4.45. The van der Waals surface area contributed by atoms with E-state index in [0.717, 1.165) is 50.7 Å². The highest BCUT2D eigenvalue weighted by atomic mass is 79.9. The van der Waals surface area contributed by atoms with Crippen LogP contribution in [0.5, 0.6) is 23.0 Å². The van der Waals surface area contributed by atoms with Gasteiger partial charge in [0.2, 0.25) is 0 Å². The first-order chi connectivity index (χ1) is 18.5.